The van der Waals surface area contributed by atoms with E-state index in [0.29, 0.717) is 0 Å². The van der Waals surface area contributed by atoms with Gasteiger partial charge in [-0.3, -0.25) is 0 Å². The third kappa shape index (κ3) is 18.8. The molecule has 5 N–H and O–H groups in total. The second-order valence-electron chi connectivity index (χ2n) is 1.85. The van der Waals surface area contributed by atoms with Crippen LogP contribution in [-0.2, 0) is 4.57 Å². The maximum Gasteiger partial charge on any atom is 1.00 e. The van der Waals surface area contributed by atoms with E-state index in [0.717, 1.165) is 5.69 Å². The molecule has 0 heterocycles. The van der Waals surface area contributed by atoms with Gasteiger partial charge in [0, 0.05) is 0 Å². The van der Waals surface area contributed by atoms with Crippen LogP contribution in [0, 0.1) is 6.07 Å². The van der Waals surface area contributed by atoms with Crippen molar-refractivity contribution in [2.45, 2.75) is 0 Å². The SMILES string of the molecule is Nc1c[c-]ccc1.O=P(O)(O)O.[Na+]. The summed E-state index contributed by atoms with van der Waals surface area (Å²) in [6.45, 7) is 0. The summed E-state index contributed by atoms with van der Waals surface area (Å²) < 4.78 is 8.88. The molecule has 0 atom stereocenters. The Morgan fingerprint density at radius 3 is 2.00 bits per heavy atom. The molecule has 0 aliphatic rings. The van der Waals surface area contributed by atoms with Gasteiger partial charge in [0.25, 0.3) is 0 Å². The molecule has 0 aliphatic carbocycles. The van der Waals surface area contributed by atoms with Gasteiger partial charge in [-0.1, -0.05) is 5.69 Å². The summed E-state index contributed by atoms with van der Waals surface area (Å²) in [7, 11) is -4.64. The largest absolute Gasteiger partial charge is 1.00 e. The van der Waals surface area contributed by atoms with E-state index in [4.69, 9.17) is 25.0 Å². The van der Waals surface area contributed by atoms with Gasteiger partial charge in [-0.25, -0.2) is 4.57 Å². The minimum Gasteiger partial charge on any atom is -0.449 e. The van der Waals surface area contributed by atoms with Crippen molar-refractivity contribution >= 4 is 13.5 Å². The normalized spacial score (nSPS) is 9.15. The van der Waals surface area contributed by atoms with Crippen LogP contribution in [0.5, 0.6) is 0 Å². The first-order valence-corrected chi connectivity index (χ1v) is 4.46. The van der Waals surface area contributed by atoms with E-state index in [2.05, 4.69) is 6.07 Å². The van der Waals surface area contributed by atoms with Crippen LogP contribution in [0.25, 0.3) is 0 Å². The Hall–Kier alpha value is 0.130. The van der Waals surface area contributed by atoms with Crippen molar-refractivity contribution in [3.63, 3.8) is 0 Å². The smallest absolute Gasteiger partial charge is 0.449 e. The molecule has 1 aromatic carbocycles. The summed E-state index contributed by atoms with van der Waals surface area (Å²) >= 11 is 0. The Labute approximate surface area is 98.1 Å². The number of hydrogen-bond donors (Lipinski definition) is 4. The van der Waals surface area contributed by atoms with Crippen molar-refractivity contribution in [1.29, 1.82) is 0 Å². The first-order valence-electron chi connectivity index (χ1n) is 2.89. The van der Waals surface area contributed by atoms with Crippen LogP contribution in [0.2, 0.25) is 0 Å². The van der Waals surface area contributed by atoms with E-state index in [1.165, 1.54) is 0 Å². The van der Waals surface area contributed by atoms with Crippen molar-refractivity contribution in [3.05, 3.63) is 30.3 Å². The summed E-state index contributed by atoms with van der Waals surface area (Å²) in [6, 6.07) is 10.1. The van der Waals surface area contributed by atoms with E-state index >= 15 is 0 Å². The quantitative estimate of drug-likeness (QED) is 0.161. The Kier molecular flexibility index (Phi) is 9.03. The van der Waals surface area contributed by atoms with Gasteiger partial charge in [0.05, 0.1) is 0 Å². The minimum atomic E-state index is -4.64. The van der Waals surface area contributed by atoms with Gasteiger partial charge in [-0.05, 0) is 0 Å². The van der Waals surface area contributed by atoms with Crippen molar-refractivity contribution in [1.82, 2.24) is 0 Å². The van der Waals surface area contributed by atoms with Gasteiger partial charge in [0.1, 0.15) is 0 Å². The van der Waals surface area contributed by atoms with Crippen LogP contribution >= 0.6 is 7.82 Å². The molecule has 0 amide bonds. The molecule has 0 spiro atoms. The Bertz CT molecular complexity index is 254. The van der Waals surface area contributed by atoms with E-state index in [1.807, 2.05) is 18.2 Å². The Morgan fingerprint density at radius 1 is 1.38 bits per heavy atom. The molecule has 0 aromatic heterocycles. The van der Waals surface area contributed by atoms with Crippen LogP contribution in [0.1, 0.15) is 0 Å². The summed E-state index contributed by atoms with van der Waals surface area (Å²) in [6.07, 6.45) is 0. The average molecular weight is 213 g/mol. The van der Waals surface area contributed by atoms with Crippen molar-refractivity contribution in [3.8, 4) is 0 Å². The number of nitrogen functional groups attached to an aromatic ring is 1. The van der Waals surface area contributed by atoms with Gasteiger partial charge < -0.3 is 20.4 Å². The molecule has 0 saturated carbocycles. The maximum absolute atomic E-state index is 8.88. The van der Waals surface area contributed by atoms with E-state index in [1.54, 1.807) is 6.07 Å². The molecule has 68 valence electrons. The number of nitrogens with two attached hydrogens (primary N) is 1. The van der Waals surface area contributed by atoms with E-state index in [-0.39, 0.29) is 29.6 Å². The first-order chi connectivity index (χ1) is 5.39. The van der Waals surface area contributed by atoms with Gasteiger partial charge in [0.2, 0.25) is 0 Å². The van der Waals surface area contributed by atoms with Gasteiger partial charge in [0.15, 0.2) is 0 Å². The number of benzene rings is 1. The summed E-state index contributed by atoms with van der Waals surface area (Å²) in [5.74, 6) is 0. The van der Waals surface area contributed by atoms with Gasteiger partial charge in [-0.15, -0.1) is 0 Å². The number of hydrogen-bond acceptors (Lipinski definition) is 2. The average Bonchev–Trinajstić information content (AvgIpc) is 1.85. The molecule has 0 bridgehead atoms. The van der Waals surface area contributed by atoms with Crippen LogP contribution in [0.15, 0.2) is 24.3 Å². The standard InChI is InChI=1S/C6H6N.Na.H3O4P/c7-6-4-2-1-3-5-6;;1-5(2,3)4/h1-2,4-5H,7H2;;(H3,1,2,3,4)/q-1;+1;. The topological polar surface area (TPSA) is 104 Å². The first kappa shape index (κ1) is 15.6. The summed E-state index contributed by atoms with van der Waals surface area (Å²) in [5.41, 5.74) is 6.09. The Balaban J connectivity index is 0. The maximum atomic E-state index is 8.88. The molecule has 1 aromatic rings. The third-order valence-corrected chi connectivity index (χ3v) is 0.731. The minimum absolute atomic E-state index is 0. The molecule has 0 fully saturated rings. The fourth-order valence-corrected chi connectivity index (χ4v) is 0.407. The molecular formula is C6H9NNaO4P. The third-order valence-electron chi connectivity index (χ3n) is 0.731. The molecule has 1 rings (SSSR count). The predicted octanol–water partition coefficient (Wildman–Crippen LogP) is -2.86. The summed E-state index contributed by atoms with van der Waals surface area (Å²) in [5, 5.41) is 0. The number of rotatable bonds is 0. The molecular weight excluding hydrogens is 204 g/mol. The monoisotopic (exact) mass is 213 g/mol. The molecule has 0 unspecified atom stereocenters. The van der Waals surface area contributed by atoms with E-state index < -0.39 is 7.82 Å². The fraction of sp³-hybridized carbons (Fsp3) is 0. The fourth-order valence-electron chi connectivity index (χ4n) is 0.407. The predicted molar refractivity (Wildman–Crippen MR) is 44.0 cm³/mol. The molecule has 0 radical (unpaired) electrons. The van der Waals surface area contributed by atoms with Crippen molar-refractivity contribution in [2.24, 2.45) is 0 Å². The molecule has 0 saturated heterocycles. The summed E-state index contributed by atoms with van der Waals surface area (Å²) in [4.78, 5) is 21.6. The zero-order chi connectivity index (χ0) is 9.61. The van der Waals surface area contributed by atoms with Crippen LogP contribution < -0.4 is 35.3 Å². The van der Waals surface area contributed by atoms with Crippen molar-refractivity contribution in [2.75, 3.05) is 5.73 Å². The molecule has 7 heteroatoms. The van der Waals surface area contributed by atoms with Gasteiger partial charge >= 0.3 is 37.4 Å². The molecule has 5 nitrogen and oxygen atoms in total. The zero-order valence-corrected chi connectivity index (χ0v) is 9.98. The second-order valence-corrected chi connectivity index (χ2v) is 2.88. The zero-order valence-electron chi connectivity index (χ0n) is 7.08. The van der Waals surface area contributed by atoms with Crippen LogP contribution in [0.4, 0.5) is 5.69 Å². The molecule has 13 heavy (non-hydrogen) atoms. The van der Waals surface area contributed by atoms with Gasteiger partial charge in [-0.2, -0.15) is 30.3 Å². The number of anilines is 1. The van der Waals surface area contributed by atoms with E-state index in [9.17, 15) is 0 Å². The second kappa shape index (κ2) is 7.53. The molecule has 0 aliphatic heterocycles. The Morgan fingerprint density at radius 2 is 1.85 bits per heavy atom. The number of phosphoric acid groups is 1. The van der Waals surface area contributed by atoms with Crippen LogP contribution in [-0.4, -0.2) is 14.7 Å². The van der Waals surface area contributed by atoms with Crippen molar-refractivity contribution < 1.29 is 48.8 Å². The van der Waals surface area contributed by atoms with Crippen LogP contribution in [0.3, 0.4) is 0 Å².